The van der Waals surface area contributed by atoms with Crippen molar-refractivity contribution in [1.82, 2.24) is 0 Å². The quantitative estimate of drug-likeness (QED) is 0.105. The van der Waals surface area contributed by atoms with Crippen molar-refractivity contribution in [2.24, 2.45) is 20.0 Å². The molecule has 0 amide bonds. The zero-order chi connectivity index (χ0) is 35.8. The van der Waals surface area contributed by atoms with Crippen molar-refractivity contribution in [3.63, 3.8) is 0 Å². The van der Waals surface area contributed by atoms with E-state index in [1.165, 1.54) is 85.5 Å². The van der Waals surface area contributed by atoms with Crippen LogP contribution in [0.15, 0.2) is 163 Å². The Labute approximate surface area is 294 Å². The maximum atomic E-state index is 14.1. The van der Waals surface area contributed by atoms with Gasteiger partial charge in [0.1, 0.15) is 23.0 Å². The Balaban J connectivity index is 1.42. The van der Waals surface area contributed by atoms with Gasteiger partial charge < -0.3 is 20.4 Å². The van der Waals surface area contributed by atoms with Gasteiger partial charge in [0.25, 0.3) is 0 Å². The molecule has 0 radical (unpaired) electrons. The van der Waals surface area contributed by atoms with Crippen LogP contribution in [0.2, 0.25) is 0 Å². The third kappa shape index (κ3) is 8.07. The molecule has 0 fully saturated rings. The Morgan fingerprint density at radius 3 is 0.941 bits per heavy atom. The van der Waals surface area contributed by atoms with Crippen LogP contribution in [-0.4, -0.2) is 53.7 Å². The lowest BCUT2D eigenvalue weighted by molar-refractivity contribution is 0.474. The fraction of sp³-hybridized carbons (Fsp3) is 0. The van der Waals surface area contributed by atoms with Crippen molar-refractivity contribution in [2.45, 2.75) is 9.79 Å². The third-order valence-electron chi connectivity index (χ3n) is 7.63. The van der Waals surface area contributed by atoms with E-state index < -0.39 is 9.84 Å². The lowest BCUT2D eigenvalue weighted by atomic mass is 10.2. The van der Waals surface area contributed by atoms with Gasteiger partial charge in [-0.05, 0) is 84.9 Å². The molecule has 51 heavy (non-hydrogen) atoms. The Morgan fingerprint density at radius 1 is 0.373 bits per heavy atom. The summed E-state index contributed by atoms with van der Waals surface area (Å²) in [6.45, 7) is 0. The summed E-state index contributed by atoms with van der Waals surface area (Å²) in [5, 5.41) is 41.0. The molecule has 0 aliphatic carbocycles. The smallest absolute Gasteiger partial charge is 0.206 e. The highest BCUT2D eigenvalue weighted by molar-refractivity contribution is 7.91. The minimum atomic E-state index is -4.18. The zero-order valence-corrected chi connectivity index (χ0v) is 27.6. The number of phenols is 4. The summed E-state index contributed by atoms with van der Waals surface area (Å²) in [6, 6.07) is 35.0. The van der Waals surface area contributed by atoms with Crippen LogP contribution in [0.4, 0.5) is 22.7 Å². The molecule has 0 aliphatic rings. The second-order valence-electron chi connectivity index (χ2n) is 11.1. The summed E-state index contributed by atoms with van der Waals surface area (Å²) in [4.78, 5) is 17.8. The molecule has 0 aromatic heterocycles. The van der Waals surface area contributed by atoms with E-state index in [0.29, 0.717) is 33.6 Å². The summed E-state index contributed by atoms with van der Waals surface area (Å²) >= 11 is 0. The Morgan fingerprint density at radius 2 is 0.647 bits per heavy atom. The molecular weight excluding hydrogens is 665 g/mol. The first-order chi connectivity index (χ1) is 24.7. The van der Waals surface area contributed by atoms with Crippen LogP contribution in [-0.2, 0) is 9.84 Å². The van der Waals surface area contributed by atoms with Gasteiger partial charge in [-0.1, -0.05) is 48.5 Å². The Hall–Kier alpha value is -6.85. The van der Waals surface area contributed by atoms with E-state index in [2.05, 4.69) is 20.0 Å². The summed E-state index contributed by atoms with van der Waals surface area (Å²) in [5.74, 6) is 0.0285. The molecule has 6 aromatic rings. The van der Waals surface area contributed by atoms with Gasteiger partial charge in [0, 0.05) is 47.1 Å². The van der Waals surface area contributed by atoms with Gasteiger partial charge in [0.05, 0.1) is 32.5 Å². The maximum Gasteiger partial charge on any atom is 0.206 e. The molecule has 0 unspecified atom stereocenters. The first-order valence-corrected chi connectivity index (χ1v) is 17.0. The number of sulfone groups is 1. The number of aliphatic imine (C=N–C) groups is 4. The van der Waals surface area contributed by atoms with Crippen molar-refractivity contribution in [3.05, 3.63) is 156 Å². The first-order valence-electron chi connectivity index (χ1n) is 15.5. The van der Waals surface area contributed by atoms with Crippen molar-refractivity contribution in [1.29, 1.82) is 0 Å². The zero-order valence-electron chi connectivity index (χ0n) is 26.8. The van der Waals surface area contributed by atoms with Crippen molar-refractivity contribution in [3.8, 4) is 23.0 Å². The first kappa shape index (κ1) is 34.0. The second-order valence-corrected chi connectivity index (χ2v) is 13.0. The highest BCUT2D eigenvalue weighted by Gasteiger charge is 2.21. The molecule has 4 N–H and O–H groups in total. The predicted octanol–water partition coefficient (Wildman–Crippen LogP) is 8.34. The molecule has 252 valence electrons. The molecule has 6 rings (SSSR count). The van der Waals surface area contributed by atoms with Gasteiger partial charge in [-0.3, -0.25) is 20.0 Å². The van der Waals surface area contributed by atoms with E-state index in [4.69, 9.17) is 0 Å². The van der Waals surface area contributed by atoms with E-state index >= 15 is 0 Å². The molecule has 0 aliphatic heterocycles. The lowest BCUT2D eigenvalue weighted by Crippen LogP contribution is -2.02. The third-order valence-corrected chi connectivity index (χ3v) is 9.38. The molecule has 0 atom stereocenters. The molecular formula is C40H30N4O6S. The predicted molar refractivity (Wildman–Crippen MR) is 200 cm³/mol. The SMILES string of the molecule is O=S(=O)(c1ccc(N=Cc2ccccc2O)c(N=Cc2ccccc2O)c1)c1ccc(N=Cc2ccccc2O)c(N=Cc2ccccc2O)c1. The average Bonchev–Trinajstić information content (AvgIpc) is 3.14. The molecule has 0 spiro atoms. The fourth-order valence-electron chi connectivity index (χ4n) is 4.85. The number of para-hydroxylation sites is 4. The van der Waals surface area contributed by atoms with Crippen molar-refractivity contribution in [2.75, 3.05) is 0 Å². The molecule has 0 bridgehead atoms. The van der Waals surface area contributed by atoms with E-state index in [0.717, 1.165) is 0 Å². The average molecular weight is 695 g/mol. The molecule has 11 heteroatoms. The van der Waals surface area contributed by atoms with E-state index in [1.54, 1.807) is 72.8 Å². The minimum absolute atomic E-state index is 0.00795. The van der Waals surface area contributed by atoms with Crippen LogP contribution in [0.1, 0.15) is 22.3 Å². The van der Waals surface area contributed by atoms with Crippen molar-refractivity contribution >= 4 is 57.4 Å². The summed E-state index contributed by atoms with van der Waals surface area (Å²) in [6.07, 6.45) is 5.70. The van der Waals surface area contributed by atoms with Crippen LogP contribution in [0, 0.1) is 0 Å². The van der Waals surface area contributed by atoms with Crippen LogP contribution in [0.25, 0.3) is 0 Å². The number of benzene rings is 6. The van der Waals surface area contributed by atoms with Crippen LogP contribution in [0.3, 0.4) is 0 Å². The monoisotopic (exact) mass is 694 g/mol. The van der Waals surface area contributed by atoms with E-state index in [9.17, 15) is 28.8 Å². The topological polar surface area (TPSA) is 164 Å². The van der Waals surface area contributed by atoms with Crippen LogP contribution >= 0.6 is 0 Å². The Bertz CT molecular complexity index is 2290. The Kier molecular flexibility index (Phi) is 10.1. The van der Waals surface area contributed by atoms with Crippen molar-refractivity contribution < 1.29 is 28.8 Å². The highest BCUT2D eigenvalue weighted by Crippen LogP contribution is 2.37. The number of rotatable bonds is 10. The van der Waals surface area contributed by atoms with E-state index in [-0.39, 0.29) is 44.2 Å². The molecule has 0 saturated heterocycles. The molecule has 0 saturated carbocycles. The highest BCUT2D eigenvalue weighted by atomic mass is 32.2. The standard InChI is InChI=1S/C40H30N4O6S/c45-37-13-5-1-9-27(37)23-41-33-19-17-31(21-35(33)43-25-29-11-3-7-15-39(29)47)51(49,50)32-18-20-34(42-24-28-10-2-6-14-38(28)46)36(22-32)44-26-30-12-4-8-16-40(30)48/h1-26,45-48H. The summed E-state index contributed by atoms with van der Waals surface area (Å²) in [7, 11) is -4.18. The second kappa shape index (κ2) is 15.1. The number of nitrogens with zero attached hydrogens (tertiary/aromatic N) is 4. The molecule has 10 nitrogen and oxygen atoms in total. The molecule has 0 heterocycles. The number of aromatic hydroxyl groups is 4. The van der Waals surface area contributed by atoms with Crippen LogP contribution in [0.5, 0.6) is 23.0 Å². The van der Waals surface area contributed by atoms with Gasteiger partial charge in [-0.15, -0.1) is 0 Å². The van der Waals surface area contributed by atoms with Gasteiger partial charge in [-0.25, -0.2) is 8.42 Å². The lowest BCUT2D eigenvalue weighted by Gasteiger charge is -2.10. The fourth-order valence-corrected chi connectivity index (χ4v) is 6.15. The largest absolute Gasteiger partial charge is 0.507 e. The maximum absolute atomic E-state index is 14.1. The number of phenolic OH excluding ortho intramolecular Hbond substituents is 4. The van der Waals surface area contributed by atoms with Gasteiger partial charge in [0.2, 0.25) is 9.84 Å². The number of hydrogen-bond donors (Lipinski definition) is 4. The van der Waals surface area contributed by atoms with Gasteiger partial charge >= 0.3 is 0 Å². The van der Waals surface area contributed by atoms with Gasteiger partial charge in [-0.2, -0.15) is 0 Å². The minimum Gasteiger partial charge on any atom is -0.507 e. The summed E-state index contributed by atoms with van der Waals surface area (Å²) in [5.41, 5.74) is 2.72. The normalized spacial score (nSPS) is 12.1. The number of hydrogen-bond acceptors (Lipinski definition) is 10. The summed E-state index contributed by atoms with van der Waals surface area (Å²) < 4.78 is 28.3. The van der Waals surface area contributed by atoms with E-state index in [1.807, 2.05) is 0 Å². The van der Waals surface area contributed by atoms with Gasteiger partial charge in [0.15, 0.2) is 0 Å². The van der Waals surface area contributed by atoms with Crippen LogP contribution < -0.4 is 0 Å². The molecule has 6 aromatic carbocycles.